The zero-order valence-electron chi connectivity index (χ0n) is 19.9. The van der Waals surface area contributed by atoms with Crippen LogP contribution in [-0.4, -0.2) is 58.6 Å². The summed E-state index contributed by atoms with van der Waals surface area (Å²) in [7, 11) is 1.65. The van der Waals surface area contributed by atoms with Gasteiger partial charge in [0.25, 0.3) is 0 Å². The minimum Gasteiger partial charge on any atom is -0.550 e. The van der Waals surface area contributed by atoms with Crippen molar-refractivity contribution >= 4 is 23.9 Å². The molecule has 0 unspecified atom stereocenters. The third-order valence-corrected chi connectivity index (χ3v) is 4.88. The minimum atomic E-state index is -1.40. The molecule has 3 N–H and O–H groups in total. The number of tetrazole rings is 1. The third-order valence-electron chi connectivity index (χ3n) is 4.88. The maximum atomic E-state index is 13.6. The third kappa shape index (κ3) is 7.87. The molecule has 3 aromatic rings. The maximum absolute atomic E-state index is 13.6. The van der Waals surface area contributed by atoms with Gasteiger partial charge < -0.3 is 20.1 Å². The van der Waals surface area contributed by atoms with Crippen LogP contribution in [-0.2, 0) is 11.8 Å². The Hall–Kier alpha value is -2.77. The monoisotopic (exact) mass is 493 g/mol. The molecule has 0 spiro atoms. The molecule has 11 nitrogen and oxygen atoms in total. The average molecular weight is 493 g/mol. The Bertz CT molecular complexity index is 1170. The van der Waals surface area contributed by atoms with Crippen LogP contribution in [0.1, 0.15) is 43.9 Å². The van der Waals surface area contributed by atoms with E-state index in [2.05, 4.69) is 30.8 Å². The number of hydrogen-bond donors (Lipinski definition) is 3. The smallest absolute Gasteiger partial charge is 0.550 e. The summed E-state index contributed by atoms with van der Waals surface area (Å²) in [4.78, 5) is 19.8. The normalized spacial score (nSPS) is 13.0. The van der Waals surface area contributed by atoms with Crippen LogP contribution in [0.2, 0.25) is 0 Å². The molecular formula is C22H25FN7NaO4. The van der Waals surface area contributed by atoms with Crippen molar-refractivity contribution < 1.29 is 54.1 Å². The van der Waals surface area contributed by atoms with Crippen molar-refractivity contribution in [1.29, 1.82) is 0 Å². The van der Waals surface area contributed by atoms with Gasteiger partial charge in [0, 0.05) is 37.0 Å². The number of anilines is 2. The first-order valence-electron chi connectivity index (χ1n) is 10.6. The number of rotatable bonds is 10. The summed E-state index contributed by atoms with van der Waals surface area (Å²) in [6.45, 7) is 3.86. The molecule has 0 bridgehead atoms. The molecule has 13 heteroatoms. The summed E-state index contributed by atoms with van der Waals surface area (Å²) in [5, 5.41) is 44.9. The van der Waals surface area contributed by atoms with Crippen molar-refractivity contribution in [3.05, 3.63) is 47.4 Å². The van der Waals surface area contributed by atoms with E-state index >= 15 is 0 Å². The number of aliphatic carboxylic acids is 1. The second-order valence-electron chi connectivity index (χ2n) is 8.00. The molecular weight excluding hydrogens is 468 g/mol. The fourth-order valence-corrected chi connectivity index (χ4v) is 3.25. The first-order chi connectivity index (χ1) is 16.1. The average Bonchev–Trinajstić information content (AvgIpc) is 3.16. The molecule has 0 aliphatic carbocycles. The van der Waals surface area contributed by atoms with Gasteiger partial charge in [-0.1, -0.05) is 31.1 Å². The van der Waals surface area contributed by atoms with Gasteiger partial charge >= 0.3 is 29.6 Å². The molecule has 2 atom stereocenters. The predicted molar refractivity (Wildman–Crippen MR) is 119 cm³/mol. The number of nitrogens with zero attached hydrogens (tertiary/aromatic N) is 6. The van der Waals surface area contributed by atoms with Crippen LogP contribution in [0.5, 0.6) is 0 Å². The van der Waals surface area contributed by atoms with Crippen LogP contribution in [0.25, 0.3) is 17.3 Å². The summed E-state index contributed by atoms with van der Waals surface area (Å²) >= 11 is 0. The van der Waals surface area contributed by atoms with Crippen molar-refractivity contribution in [2.75, 3.05) is 5.32 Å². The first kappa shape index (κ1) is 28.5. The van der Waals surface area contributed by atoms with E-state index in [9.17, 15) is 24.5 Å². The minimum absolute atomic E-state index is 0. The summed E-state index contributed by atoms with van der Waals surface area (Å²) in [6.07, 6.45) is -0.115. The number of carboxylic acid groups (broad SMARTS) is 1. The fourth-order valence-electron chi connectivity index (χ4n) is 3.25. The molecule has 3 rings (SSSR count). The number of aryl methyl sites for hydroxylation is 1. The number of halogens is 1. The Morgan fingerprint density at radius 3 is 2.49 bits per heavy atom. The van der Waals surface area contributed by atoms with E-state index < -0.39 is 30.4 Å². The van der Waals surface area contributed by atoms with Crippen molar-refractivity contribution in [3.8, 4) is 11.3 Å². The summed E-state index contributed by atoms with van der Waals surface area (Å²) < 4.78 is 15.0. The van der Waals surface area contributed by atoms with Crippen molar-refractivity contribution in [1.82, 2.24) is 30.2 Å². The predicted octanol–water partition coefficient (Wildman–Crippen LogP) is -2.06. The number of hydrogen-bond acceptors (Lipinski definition) is 10. The van der Waals surface area contributed by atoms with Crippen LogP contribution >= 0.6 is 0 Å². The van der Waals surface area contributed by atoms with Crippen molar-refractivity contribution in [3.63, 3.8) is 0 Å². The topological polar surface area (TPSA) is 162 Å². The van der Waals surface area contributed by atoms with Gasteiger partial charge in [-0.05, 0) is 40.6 Å². The van der Waals surface area contributed by atoms with E-state index in [-0.39, 0.29) is 47.8 Å². The Labute approximate surface area is 223 Å². The molecule has 0 aliphatic rings. The Balaban J connectivity index is 0.00000432. The van der Waals surface area contributed by atoms with Crippen molar-refractivity contribution in [2.45, 2.75) is 44.8 Å². The fraction of sp³-hybridized carbons (Fsp3) is 0.364. The molecule has 2 aromatic heterocycles. The van der Waals surface area contributed by atoms with Gasteiger partial charge in [-0.3, -0.25) is 5.32 Å². The van der Waals surface area contributed by atoms with E-state index in [1.165, 1.54) is 22.9 Å². The largest absolute Gasteiger partial charge is 1.00 e. The zero-order valence-corrected chi connectivity index (χ0v) is 21.9. The molecule has 0 aliphatic heterocycles. The van der Waals surface area contributed by atoms with Crippen LogP contribution in [0.15, 0.2) is 30.3 Å². The van der Waals surface area contributed by atoms with Gasteiger partial charge in [-0.25, -0.2) is 19.0 Å². The summed E-state index contributed by atoms with van der Waals surface area (Å²) in [5.41, 5.74) is 2.29. The van der Waals surface area contributed by atoms with Crippen molar-refractivity contribution in [2.24, 2.45) is 7.05 Å². The van der Waals surface area contributed by atoms with E-state index in [1.807, 2.05) is 13.8 Å². The van der Waals surface area contributed by atoms with Gasteiger partial charge in [0.1, 0.15) is 5.82 Å². The number of aliphatic hydroxyl groups excluding tert-OH is 2. The Morgan fingerprint density at radius 1 is 1.23 bits per heavy atom. The molecule has 1 aromatic carbocycles. The van der Waals surface area contributed by atoms with Crippen LogP contribution in [0, 0.1) is 5.82 Å². The van der Waals surface area contributed by atoms with Crippen LogP contribution in [0.4, 0.5) is 16.3 Å². The molecule has 0 fully saturated rings. The molecule has 0 amide bonds. The molecule has 0 radical (unpaired) electrons. The van der Waals surface area contributed by atoms with Crippen LogP contribution in [0.3, 0.4) is 0 Å². The first-order valence-corrected chi connectivity index (χ1v) is 10.6. The molecule has 0 saturated carbocycles. The van der Waals surface area contributed by atoms with Gasteiger partial charge in [0.05, 0.1) is 23.6 Å². The number of benzene rings is 1. The molecule has 2 heterocycles. The number of carbonyl (C=O) groups is 1. The van der Waals surface area contributed by atoms with Gasteiger partial charge in [-0.2, -0.15) is 0 Å². The number of aromatic nitrogens is 6. The van der Waals surface area contributed by atoms with Gasteiger partial charge in [-0.15, -0.1) is 0 Å². The maximum Gasteiger partial charge on any atom is 1.00 e. The van der Waals surface area contributed by atoms with Crippen LogP contribution < -0.4 is 40.0 Å². The summed E-state index contributed by atoms with van der Waals surface area (Å²) in [6, 6.07) is 5.77. The second-order valence-corrected chi connectivity index (χ2v) is 8.00. The van der Waals surface area contributed by atoms with E-state index in [1.54, 1.807) is 25.3 Å². The van der Waals surface area contributed by atoms with E-state index in [0.717, 1.165) is 0 Å². The van der Waals surface area contributed by atoms with E-state index in [4.69, 9.17) is 0 Å². The molecule has 180 valence electrons. The molecule has 0 saturated heterocycles. The van der Waals surface area contributed by atoms with Gasteiger partial charge in [0.2, 0.25) is 11.9 Å². The standard InChI is InChI=1S/C22H26FN7O4.Na/c1-12(2)19-17(9-8-15(31)10-16(32)11-18(33)34)20(13-4-6-14(23)7-5-13)25-21(24-19)26-22-27-28-29-30(22)3;/h4-9,12,15-16,31-32H,10-11H2,1-3H3,(H,33,34)(H,24,25,26,27,29);/q;+1/p-1/b9-8+;/t15-,16-;/m1./s1. The second kappa shape index (κ2) is 12.8. The summed E-state index contributed by atoms with van der Waals surface area (Å²) in [5.74, 6) is -1.33. The quantitative estimate of drug-likeness (QED) is 0.268. The number of carboxylic acids is 1. The molecule has 35 heavy (non-hydrogen) atoms. The van der Waals surface area contributed by atoms with E-state index in [0.29, 0.717) is 28.5 Å². The zero-order chi connectivity index (χ0) is 24.8. The number of nitrogens with one attached hydrogen (secondary N) is 1. The number of carbonyl (C=O) groups excluding carboxylic acids is 1. The Kier molecular flexibility index (Phi) is 10.4. The van der Waals surface area contributed by atoms with Gasteiger partial charge in [0.15, 0.2) is 0 Å². The Morgan fingerprint density at radius 2 is 1.91 bits per heavy atom. The SMILES string of the molecule is CC(C)c1nc(Nc2nnnn2C)nc(-c2ccc(F)cc2)c1/C=C/[C@@H](O)C[C@@H](O)CC(=O)[O-].[Na+]. The number of aliphatic hydroxyl groups is 2.